The van der Waals surface area contributed by atoms with E-state index in [2.05, 4.69) is 18.8 Å². The Hall–Kier alpha value is -0.570. The first kappa shape index (κ1) is 12.4. The molecule has 0 aromatic heterocycles. The number of hydrogen-bond acceptors (Lipinski definition) is 2. The molecule has 3 heteroatoms. The largest absolute Gasteiger partial charge is 0.471 e. The van der Waals surface area contributed by atoms with Crippen LogP contribution in [0.2, 0.25) is 0 Å². The highest BCUT2D eigenvalue weighted by Gasteiger charge is 1.93. The molecule has 0 fully saturated rings. The molecule has 0 spiro atoms. The van der Waals surface area contributed by atoms with Gasteiger partial charge >= 0.3 is 0 Å². The third-order valence-corrected chi connectivity index (χ3v) is 1.88. The minimum absolute atomic E-state index is 0.483. The lowest BCUT2D eigenvalue weighted by Gasteiger charge is -2.07. The van der Waals surface area contributed by atoms with Crippen molar-refractivity contribution in [1.82, 2.24) is 5.32 Å². The van der Waals surface area contributed by atoms with Crippen LogP contribution in [0.3, 0.4) is 0 Å². The van der Waals surface area contributed by atoms with E-state index in [-0.39, 0.29) is 0 Å². The first-order chi connectivity index (χ1) is 6.31. The van der Waals surface area contributed by atoms with Crippen LogP contribution in [0.1, 0.15) is 32.6 Å². The van der Waals surface area contributed by atoms with Crippen molar-refractivity contribution in [3.8, 4) is 0 Å². The summed E-state index contributed by atoms with van der Waals surface area (Å²) < 4.78 is 5.26. The lowest BCUT2D eigenvalue weighted by Crippen LogP contribution is -2.24. The molecule has 0 aliphatic carbocycles. The Bertz CT molecular complexity index is 148. The molecule has 2 nitrogen and oxygen atoms in total. The van der Waals surface area contributed by atoms with Gasteiger partial charge in [-0.15, -0.1) is 6.58 Å². The third kappa shape index (κ3) is 9.34. The van der Waals surface area contributed by atoms with E-state index in [1.54, 1.807) is 6.08 Å². The summed E-state index contributed by atoms with van der Waals surface area (Å²) in [5, 5.41) is 3.40. The summed E-state index contributed by atoms with van der Waals surface area (Å²) in [6.07, 6.45) is 6.59. The van der Waals surface area contributed by atoms with Gasteiger partial charge in [-0.05, 0) is 18.6 Å². The van der Waals surface area contributed by atoms with E-state index in [9.17, 15) is 0 Å². The van der Waals surface area contributed by atoms with Crippen molar-refractivity contribution in [2.75, 3.05) is 13.2 Å². The normalized spacial score (nSPS) is 9.31. The molecule has 0 bridgehead atoms. The van der Waals surface area contributed by atoms with Crippen LogP contribution in [-0.4, -0.2) is 18.3 Å². The van der Waals surface area contributed by atoms with E-state index < -0.39 is 0 Å². The molecular formula is C10H19NOS. The summed E-state index contributed by atoms with van der Waals surface area (Å²) in [6, 6.07) is 0. The van der Waals surface area contributed by atoms with Gasteiger partial charge in [-0.25, -0.2) is 0 Å². The van der Waals surface area contributed by atoms with Gasteiger partial charge in [0.2, 0.25) is 0 Å². The number of hydrogen-bond donors (Lipinski definition) is 1. The Balaban J connectivity index is 3.12. The average molecular weight is 201 g/mol. The predicted octanol–water partition coefficient (Wildman–Crippen LogP) is 2.64. The van der Waals surface area contributed by atoms with Crippen LogP contribution in [-0.2, 0) is 4.74 Å². The van der Waals surface area contributed by atoms with Gasteiger partial charge in [0.05, 0.1) is 6.61 Å². The van der Waals surface area contributed by atoms with E-state index in [0.717, 1.165) is 13.0 Å². The number of ether oxygens (including phenoxy) is 1. The van der Waals surface area contributed by atoms with Crippen LogP contribution in [0.15, 0.2) is 12.7 Å². The highest BCUT2D eigenvalue weighted by molar-refractivity contribution is 7.80. The summed E-state index contributed by atoms with van der Waals surface area (Å²) in [4.78, 5) is 0. The van der Waals surface area contributed by atoms with Crippen molar-refractivity contribution in [2.45, 2.75) is 32.6 Å². The molecule has 0 aliphatic heterocycles. The van der Waals surface area contributed by atoms with Gasteiger partial charge in [0.25, 0.3) is 5.17 Å². The molecule has 0 atom stereocenters. The van der Waals surface area contributed by atoms with E-state index in [1.165, 1.54) is 19.3 Å². The Kier molecular flexibility index (Phi) is 9.10. The van der Waals surface area contributed by atoms with Crippen molar-refractivity contribution in [1.29, 1.82) is 0 Å². The maximum Gasteiger partial charge on any atom is 0.256 e. The molecule has 0 radical (unpaired) electrons. The molecule has 0 rings (SSSR count). The summed E-state index contributed by atoms with van der Waals surface area (Å²) in [5.74, 6) is 0. The zero-order chi connectivity index (χ0) is 9.94. The van der Waals surface area contributed by atoms with Crippen LogP contribution in [0, 0.1) is 0 Å². The smallest absolute Gasteiger partial charge is 0.256 e. The minimum atomic E-state index is 0.483. The molecule has 76 valence electrons. The van der Waals surface area contributed by atoms with E-state index >= 15 is 0 Å². The van der Waals surface area contributed by atoms with Crippen LogP contribution >= 0.6 is 12.2 Å². The lowest BCUT2D eigenvalue weighted by molar-refractivity contribution is 0.288. The lowest BCUT2D eigenvalue weighted by atomic mass is 10.2. The topological polar surface area (TPSA) is 21.3 Å². The molecule has 0 amide bonds. The van der Waals surface area contributed by atoms with Gasteiger partial charge in [-0.2, -0.15) is 0 Å². The monoisotopic (exact) mass is 201 g/mol. The molecule has 0 saturated carbocycles. The number of nitrogens with one attached hydrogen (secondary N) is 1. The molecule has 13 heavy (non-hydrogen) atoms. The van der Waals surface area contributed by atoms with Crippen molar-refractivity contribution < 1.29 is 4.74 Å². The fraction of sp³-hybridized carbons (Fsp3) is 0.700. The second-order valence-electron chi connectivity index (χ2n) is 2.87. The molecule has 0 aromatic rings. The zero-order valence-electron chi connectivity index (χ0n) is 8.34. The van der Waals surface area contributed by atoms with Crippen LogP contribution < -0.4 is 5.32 Å². The first-order valence-corrected chi connectivity index (χ1v) is 5.23. The van der Waals surface area contributed by atoms with Crippen molar-refractivity contribution >= 4 is 17.4 Å². The van der Waals surface area contributed by atoms with Crippen molar-refractivity contribution in [3.63, 3.8) is 0 Å². The summed E-state index contributed by atoms with van der Waals surface area (Å²) in [6.45, 7) is 7.17. The highest BCUT2D eigenvalue weighted by Crippen LogP contribution is 1.98. The predicted molar refractivity (Wildman–Crippen MR) is 60.9 cm³/mol. The maximum atomic E-state index is 5.26. The third-order valence-electron chi connectivity index (χ3n) is 1.62. The van der Waals surface area contributed by atoms with Crippen molar-refractivity contribution in [2.24, 2.45) is 0 Å². The second-order valence-corrected chi connectivity index (χ2v) is 3.24. The Morgan fingerprint density at radius 1 is 1.46 bits per heavy atom. The summed E-state index contributed by atoms with van der Waals surface area (Å²) >= 11 is 4.92. The highest BCUT2D eigenvalue weighted by atomic mass is 32.1. The van der Waals surface area contributed by atoms with Gasteiger partial charge in [0.1, 0.15) is 0 Å². The number of unbranched alkanes of at least 4 members (excludes halogenated alkanes) is 3. The van der Waals surface area contributed by atoms with Gasteiger partial charge in [0.15, 0.2) is 0 Å². The average Bonchev–Trinajstić information content (AvgIpc) is 2.14. The van der Waals surface area contributed by atoms with Gasteiger partial charge in [-0.1, -0.05) is 32.3 Å². The van der Waals surface area contributed by atoms with Gasteiger partial charge < -0.3 is 10.1 Å². The maximum absolute atomic E-state index is 5.26. The van der Waals surface area contributed by atoms with Crippen LogP contribution in [0.5, 0.6) is 0 Å². The SMILES string of the molecule is C=CCNC(=S)OCCCCCC. The van der Waals surface area contributed by atoms with E-state index in [4.69, 9.17) is 17.0 Å². The Labute approximate surface area is 86.4 Å². The number of thiocarbonyl (C=S) groups is 1. The van der Waals surface area contributed by atoms with Crippen LogP contribution in [0.4, 0.5) is 0 Å². The number of rotatable bonds is 7. The molecule has 0 aromatic carbocycles. The summed E-state index contributed by atoms with van der Waals surface area (Å²) in [7, 11) is 0. The minimum Gasteiger partial charge on any atom is -0.471 e. The molecule has 0 saturated heterocycles. The zero-order valence-corrected chi connectivity index (χ0v) is 9.16. The summed E-state index contributed by atoms with van der Waals surface area (Å²) in [5.41, 5.74) is 0. The quantitative estimate of drug-likeness (QED) is 0.389. The van der Waals surface area contributed by atoms with Crippen LogP contribution in [0.25, 0.3) is 0 Å². The van der Waals surface area contributed by atoms with Crippen molar-refractivity contribution in [3.05, 3.63) is 12.7 Å². The molecule has 0 aliphatic rings. The van der Waals surface area contributed by atoms with E-state index in [0.29, 0.717) is 11.7 Å². The molecule has 1 N–H and O–H groups in total. The Morgan fingerprint density at radius 2 is 2.23 bits per heavy atom. The van der Waals surface area contributed by atoms with E-state index in [1.807, 2.05) is 0 Å². The Morgan fingerprint density at radius 3 is 2.85 bits per heavy atom. The van der Waals surface area contributed by atoms with Gasteiger partial charge in [0, 0.05) is 6.54 Å². The molecular weight excluding hydrogens is 182 g/mol. The fourth-order valence-electron chi connectivity index (χ4n) is 0.900. The first-order valence-electron chi connectivity index (χ1n) is 4.82. The molecule has 0 heterocycles. The van der Waals surface area contributed by atoms with Gasteiger partial charge in [-0.3, -0.25) is 0 Å². The second kappa shape index (κ2) is 9.52. The molecule has 0 unspecified atom stereocenters. The fourth-order valence-corrected chi connectivity index (χ4v) is 1.07. The standard InChI is InChI=1S/C10H19NOS/c1-3-5-6-7-9-12-10(13)11-8-4-2/h4H,2-3,5-9H2,1H3,(H,11,13).